The van der Waals surface area contributed by atoms with Crippen LogP contribution in [0.25, 0.3) is 0 Å². The molecule has 1 fully saturated rings. The number of carbonyl (C=O) groups excluding carboxylic acids is 3. The molecule has 0 saturated carbocycles. The molecule has 1 aliphatic heterocycles. The predicted molar refractivity (Wildman–Crippen MR) is 140 cm³/mol. The first-order valence-electron chi connectivity index (χ1n) is 12.7. The molecule has 18 heteroatoms. The number of aliphatic hydroxyl groups is 1. The third-order valence-corrected chi connectivity index (χ3v) is 7.72. The van der Waals surface area contributed by atoms with E-state index in [9.17, 15) is 33.6 Å². The van der Waals surface area contributed by atoms with Crippen LogP contribution in [0.3, 0.4) is 0 Å². The Labute approximate surface area is 235 Å². The van der Waals surface area contributed by atoms with Crippen molar-refractivity contribution in [2.45, 2.75) is 50.5 Å². The molecule has 0 aromatic carbocycles. The SMILES string of the molecule is COC(=O)NCCCCC(C(=O)NCCc1cn([C@@H]2CC(OP(=O)(OC)OC)[C@H](CO)O2)c(=O)[nH]c1=O)C(=O)OC. The van der Waals surface area contributed by atoms with E-state index in [-0.39, 0.29) is 31.4 Å². The molecule has 4 atom stereocenters. The number of phosphoric acid groups is 1. The highest BCUT2D eigenvalue weighted by Gasteiger charge is 2.42. The van der Waals surface area contributed by atoms with Gasteiger partial charge in [0.2, 0.25) is 5.91 Å². The van der Waals surface area contributed by atoms with Crippen molar-refractivity contribution in [1.29, 1.82) is 0 Å². The fraction of sp³-hybridized carbons (Fsp3) is 0.696. The minimum atomic E-state index is -3.92. The second kappa shape index (κ2) is 16.4. The summed E-state index contributed by atoms with van der Waals surface area (Å²) in [6.45, 7) is -0.261. The topological polar surface area (TPSA) is 223 Å². The first-order valence-corrected chi connectivity index (χ1v) is 14.2. The second-order valence-electron chi connectivity index (χ2n) is 8.86. The molecule has 41 heavy (non-hydrogen) atoms. The van der Waals surface area contributed by atoms with Crippen molar-refractivity contribution in [2.24, 2.45) is 5.92 Å². The molecule has 0 radical (unpaired) electrons. The normalized spacial score (nSPS) is 19.4. The van der Waals surface area contributed by atoms with E-state index in [4.69, 9.17) is 23.0 Å². The number of aromatic nitrogens is 2. The van der Waals surface area contributed by atoms with Crippen LogP contribution >= 0.6 is 7.82 Å². The number of alkyl carbamates (subject to hydrolysis) is 1. The summed E-state index contributed by atoms with van der Waals surface area (Å²) in [6.07, 6.45) is -1.17. The summed E-state index contributed by atoms with van der Waals surface area (Å²) in [6, 6.07) is 0. The minimum absolute atomic E-state index is 0.00305. The van der Waals surface area contributed by atoms with Crippen molar-refractivity contribution < 1.29 is 51.8 Å². The molecule has 0 aliphatic carbocycles. The van der Waals surface area contributed by atoms with Gasteiger partial charge in [0.1, 0.15) is 24.4 Å². The number of phosphoric ester groups is 1. The Morgan fingerprint density at radius 1 is 1.12 bits per heavy atom. The number of methoxy groups -OCH3 is 2. The van der Waals surface area contributed by atoms with Crippen LogP contribution in [0.1, 0.15) is 37.5 Å². The molecule has 2 unspecified atom stereocenters. The van der Waals surface area contributed by atoms with Crippen LogP contribution in [0.4, 0.5) is 4.79 Å². The smallest absolute Gasteiger partial charge is 0.468 e. The van der Waals surface area contributed by atoms with Gasteiger partial charge in [0.15, 0.2) is 0 Å². The number of carbonyl (C=O) groups is 3. The average molecular weight is 609 g/mol. The zero-order valence-corrected chi connectivity index (χ0v) is 24.2. The van der Waals surface area contributed by atoms with Gasteiger partial charge in [-0.1, -0.05) is 6.42 Å². The Bertz CT molecular complexity index is 1190. The van der Waals surface area contributed by atoms with Crippen molar-refractivity contribution in [3.63, 3.8) is 0 Å². The number of nitrogens with one attached hydrogen (secondary N) is 3. The number of hydrogen-bond donors (Lipinski definition) is 4. The highest BCUT2D eigenvalue weighted by atomic mass is 31.2. The van der Waals surface area contributed by atoms with Gasteiger partial charge in [0, 0.05) is 45.5 Å². The summed E-state index contributed by atoms with van der Waals surface area (Å²) >= 11 is 0. The molecule has 1 aromatic rings. The number of nitrogens with zero attached hydrogens (tertiary/aromatic N) is 1. The molecule has 2 rings (SSSR count). The van der Waals surface area contributed by atoms with E-state index in [1.54, 1.807) is 0 Å². The zero-order chi connectivity index (χ0) is 30.6. The highest BCUT2D eigenvalue weighted by Crippen LogP contribution is 2.51. The Kier molecular flexibility index (Phi) is 13.6. The fourth-order valence-electron chi connectivity index (χ4n) is 4.07. The van der Waals surface area contributed by atoms with Crippen molar-refractivity contribution in [2.75, 3.05) is 48.1 Å². The number of esters is 1. The lowest BCUT2D eigenvalue weighted by molar-refractivity contribution is -0.150. The van der Waals surface area contributed by atoms with Crippen LogP contribution in [-0.4, -0.2) is 93.0 Å². The molecule has 2 amide bonds. The van der Waals surface area contributed by atoms with Gasteiger partial charge < -0.3 is 30.0 Å². The van der Waals surface area contributed by atoms with Gasteiger partial charge in [0.05, 0.1) is 20.8 Å². The number of aliphatic hydroxyl groups excluding tert-OH is 1. The van der Waals surface area contributed by atoms with E-state index >= 15 is 0 Å². The molecule has 1 aliphatic rings. The van der Waals surface area contributed by atoms with Crippen molar-refractivity contribution in [1.82, 2.24) is 20.2 Å². The number of rotatable bonds is 16. The summed E-state index contributed by atoms with van der Waals surface area (Å²) in [5.41, 5.74) is -1.35. The predicted octanol–water partition coefficient (Wildman–Crippen LogP) is -0.423. The summed E-state index contributed by atoms with van der Waals surface area (Å²) in [4.78, 5) is 63.1. The lowest BCUT2D eigenvalue weighted by Gasteiger charge is -2.20. The monoisotopic (exact) mass is 608 g/mol. The van der Waals surface area contributed by atoms with Crippen molar-refractivity contribution in [3.05, 3.63) is 32.6 Å². The first kappa shape index (κ1) is 34.1. The first-order chi connectivity index (χ1) is 19.5. The largest absolute Gasteiger partial charge is 0.474 e. The van der Waals surface area contributed by atoms with E-state index in [0.29, 0.717) is 19.4 Å². The molecule has 0 bridgehead atoms. The molecule has 0 spiro atoms. The maximum atomic E-state index is 12.7. The Morgan fingerprint density at radius 3 is 2.44 bits per heavy atom. The third kappa shape index (κ3) is 9.76. The Hall–Kier alpha value is -3.08. The highest BCUT2D eigenvalue weighted by molar-refractivity contribution is 7.48. The molecular formula is C23H37N4O13P. The van der Waals surface area contributed by atoms with E-state index in [1.165, 1.54) is 13.3 Å². The minimum Gasteiger partial charge on any atom is -0.468 e. The summed E-state index contributed by atoms with van der Waals surface area (Å²) in [7, 11) is 0.735. The number of aromatic amines is 1. The number of ether oxygens (including phenoxy) is 3. The molecule has 2 heterocycles. The standard InChI is InChI=1S/C23H37N4O13P/c1-35-21(31)15(7-5-6-9-25-23(33)36-2)20(30)24-10-8-14-12-27(22(32)26-19(14)29)18-11-16(17(13-28)39-18)40-41(34,37-3)38-4/h12,15-18,28H,5-11,13H2,1-4H3,(H,24,30)(H,25,33)(H,26,29,32)/t15?,16?,17-,18-/m0/s1. The lowest BCUT2D eigenvalue weighted by Crippen LogP contribution is -2.38. The van der Waals surface area contributed by atoms with Gasteiger partial charge in [-0.2, -0.15) is 0 Å². The number of H-pyrrole nitrogens is 1. The van der Waals surface area contributed by atoms with Crippen LogP contribution in [0.15, 0.2) is 15.8 Å². The van der Waals surface area contributed by atoms with Gasteiger partial charge in [-0.15, -0.1) is 0 Å². The zero-order valence-electron chi connectivity index (χ0n) is 23.3. The van der Waals surface area contributed by atoms with Gasteiger partial charge >= 0.3 is 25.6 Å². The summed E-state index contributed by atoms with van der Waals surface area (Å²) in [5.74, 6) is -2.43. The van der Waals surface area contributed by atoms with Crippen LogP contribution in [0.5, 0.6) is 0 Å². The quantitative estimate of drug-likeness (QED) is 0.0811. The maximum Gasteiger partial charge on any atom is 0.474 e. The number of hydrogen-bond acceptors (Lipinski definition) is 13. The average Bonchev–Trinajstić information content (AvgIpc) is 3.37. The van der Waals surface area contributed by atoms with E-state index in [2.05, 4.69) is 20.4 Å². The molecule has 17 nitrogen and oxygen atoms in total. The molecule has 1 aromatic heterocycles. The third-order valence-electron chi connectivity index (χ3n) is 6.29. The number of amides is 2. The van der Waals surface area contributed by atoms with Gasteiger partial charge in [-0.3, -0.25) is 37.5 Å². The van der Waals surface area contributed by atoms with Crippen LogP contribution in [-0.2, 0) is 48.4 Å². The molecular weight excluding hydrogens is 571 g/mol. The second-order valence-corrected chi connectivity index (χ2v) is 10.7. The van der Waals surface area contributed by atoms with Gasteiger partial charge in [-0.05, 0) is 19.3 Å². The molecule has 232 valence electrons. The summed E-state index contributed by atoms with van der Waals surface area (Å²) in [5, 5.41) is 14.8. The molecule has 4 N–H and O–H groups in total. The lowest BCUT2D eigenvalue weighted by atomic mass is 10.0. The van der Waals surface area contributed by atoms with Crippen molar-refractivity contribution in [3.8, 4) is 0 Å². The van der Waals surface area contributed by atoms with Gasteiger partial charge in [0.25, 0.3) is 5.56 Å². The van der Waals surface area contributed by atoms with E-state index in [1.807, 2.05) is 0 Å². The Morgan fingerprint density at radius 2 is 1.83 bits per heavy atom. The van der Waals surface area contributed by atoms with E-state index in [0.717, 1.165) is 25.9 Å². The van der Waals surface area contributed by atoms with Crippen LogP contribution in [0, 0.1) is 5.92 Å². The fourth-order valence-corrected chi connectivity index (χ4v) is 4.94. The Balaban J connectivity index is 2.03. The summed E-state index contributed by atoms with van der Waals surface area (Å²) < 4.78 is 43.3. The number of unbranched alkanes of at least 4 members (excludes halogenated alkanes) is 1. The van der Waals surface area contributed by atoms with Crippen LogP contribution in [0.2, 0.25) is 0 Å². The van der Waals surface area contributed by atoms with Gasteiger partial charge in [-0.25, -0.2) is 14.2 Å². The van der Waals surface area contributed by atoms with Crippen LogP contribution < -0.4 is 21.9 Å². The van der Waals surface area contributed by atoms with Crippen molar-refractivity contribution >= 4 is 25.8 Å². The maximum absolute atomic E-state index is 12.7. The molecule has 1 saturated heterocycles. The van der Waals surface area contributed by atoms with E-state index < -0.39 is 68.0 Å².